The molecule has 3 nitrogen and oxygen atoms in total. The Labute approximate surface area is 82.5 Å². The molecule has 1 aliphatic rings. The van der Waals surface area contributed by atoms with Gasteiger partial charge in [0.1, 0.15) is 5.65 Å². The number of fused-ring (bicyclic) bond motifs is 1. The SMILES string of the molecule is Cc1cnc2[nH]c(C3CNC3)cc2c1. The lowest BCUT2D eigenvalue weighted by molar-refractivity contribution is 0.442. The smallest absolute Gasteiger partial charge is 0.137 e. The third kappa shape index (κ3) is 1.13. The molecule has 0 aromatic carbocycles. The van der Waals surface area contributed by atoms with E-state index in [2.05, 4.69) is 34.3 Å². The van der Waals surface area contributed by atoms with Crippen molar-refractivity contribution in [3.63, 3.8) is 0 Å². The van der Waals surface area contributed by atoms with E-state index in [1.807, 2.05) is 6.20 Å². The molecule has 3 heteroatoms. The quantitative estimate of drug-likeness (QED) is 0.711. The summed E-state index contributed by atoms with van der Waals surface area (Å²) in [5, 5.41) is 4.50. The van der Waals surface area contributed by atoms with Crippen molar-refractivity contribution in [2.75, 3.05) is 13.1 Å². The van der Waals surface area contributed by atoms with E-state index in [9.17, 15) is 0 Å². The molecule has 0 amide bonds. The van der Waals surface area contributed by atoms with Gasteiger partial charge in [0.25, 0.3) is 0 Å². The minimum absolute atomic E-state index is 0.657. The number of nitrogens with zero attached hydrogens (tertiary/aromatic N) is 1. The summed E-state index contributed by atoms with van der Waals surface area (Å²) < 4.78 is 0. The summed E-state index contributed by atoms with van der Waals surface area (Å²) in [7, 11) is 0. The van der Waals surface area contributed by atoms with Gasteiger partial charge >= 0.3 is 0 Å². The van der Waals surface area contributed by atoms with Crippen LogP contribution in [0.25, 0.3) is 11.0 Å². The molecule has 1 fully saturated rings. The van der Waals surface area contributed by atoms with Gasteiger partial charge in [-0.1, -0.05) is 0 Å². The Morgan fingerprint density at radius 2 is 2.21 bits per heavy atom. The van der Waals surface area contributed by atoms with E-state index in [1.54, 1.807) is 0 Å². The van der Waals surface area contributed by atoms with Crippen LogP contribution in [0, 0.1) is 6.92 Å². The summed E-state index contributed by atoms with van der Waals surface area (Å²) in [5.74, 6) is 0.657. The molecule has 1 saturated heterocycles. The number of nitrogens with one attached hydrogen (secondary N) is 2. The molecule has 0 saturated carbocycles. The summed E-state index contributed by atoms with van der Waals surface area (Å²) >= 11 is 0. The van der Waals surface area contributed by atoms with Crippen LogP contribution >= 0.6 is 0 Å². The monoisotopic (exact) mass is 187 g/mol. The minimum Gasteiger partial charge on any atom is -0.343 e. The molecule has 2 aromatic heterocycles. The van der Waals surface area contributed by atoms with Crippen molar-refractivity contribution in [1.29, 1.82) is 0 Å². The Balaban J connectivity index is 2.10. The molecule has 0 radical (unpaired) electrons. The molecule has 0 atom stereocenters. The Morgan fingerprint density at radius 3 is 2.93 bits per heavy atom. The van der Waals surface area contributed by atoms with E-state index in [0.717, 1.165) is 18.7 Å². The summed E-state index contributed by atoms with van der Waals surface area (Å²) in [5.41, 5.74) is 3.55. The minimum atomic E-state index is 0.657. The van der Waals surface area contributed by atoms with Gasteiger partial charge in [-0.3, -0.25) is 0 Å². The largest absolute Gasteiger partial charge is 0.343 e. The van der Waals surface area contributed by atoms with Crippen molar-refractivity contribution in [2.45, 2.75) is 12.8 Å². The first kappa shape index (κ1) is 8.00. The van der Waals surface area contributed by atoms with Crippen LogP contribution in [0.4, 0.5) is 0 Å². The number of pyridine rings is 1. The normalized spacial score (nSPS) is 17.2. The van der Waals surface area contributed by atoms with Crippen molar-refractivity contribution in [3.05, 3.63) is 29.6 Å². The first-order chi connectivity index (χ1) is 6.83. The maximum atomic E-state index is 4.37. The Morgan fingerprint density at radius 1 is 1.36 bits per heavy atom. The van der Waals surface area contributed by atoms with E-state index in [-0.39, 0.29) is 0 Å². The number of H-pyrrole nitrogens is 1. The second-order valence-corrected chi connectivity index (χ2v) is 4.03. The van der Waals surface area contributed by atoms with Crippen LogP contribution in [0.15, 0.2) is 18.3 Å². The van der Waals surface area contributed by atoms with Crippen LogP contribution < -0.4 is 5.32 Å². The zero-order valence-electron chi connectivity index (χ0n) is 8.17. The molecule has 2 aromatic rings. The van der Waals surface area contributed by atoms with E-state index >= 15 is 0 Å². The lowest BCUT2D eigenvalue weighted by Crippen LogP contribution is -2.40. The van der Waals surface area contributed by atoms with E-state index in [0.29, 0.717) is 5.92 Å². The predicted molar refractivity (Wildman–Crippen MR) is 56.4 cm³/mol. The summed E-state index contributed by atoms with van der Waals surface area (Å²) in [6, 6.07) is 4.40. The Bertz CT molecular complexity index is 468. The number of aromatic amines is 1. The van der Waals surface area contributed by atoms with Gasteiger partial charge in [0, 0.05) is 36.3 Å². The molecular formula is C11H13N3. The van der Waals surface area contributed by atoms with Crippen LogP contribution in [0.3, 0.4) is 0 Å². The number of aromatic nitrogens is 2. The summed E-state index contributed by atoms with van der Waals surface area (Å²) in [6.45, 7) is 4.25. The average Bonchev–Trinajstić information content (AvgIpc) is 2.43. The Hall–Kier alpha value is -1.35. The van der Waals surface area contributed by atoms with Crippen LogP contribution in [-0.4, -0.2) is 23.1 Å². The first-order valence-electron chi connectivity index (χ1n) is 4.99. The molecule has 3 rings (SSSR count). The van der Waals surface area contributed by atoms with Gasteiger partial charge < -0.3 is 10.3 Å². The number of hydrogen-bond donors (Lipinski definition) is 2. The lowest BCUT2D eigenvalue weighted by Gasteiger charge is -2.25. The molecule has 2 N–H and O–H groups in total. The lowest BCUT2D eigenvalue weighted by atomic mass is 10.00. The van der Waals surface area contributed by atoms with Gasteiger partial charge in [-0.15, -0.1) is 0 Å². The van der Waals surface area contributed by atoms with Crippen LogP contribution in [0.2, 0.25) is 0 Å². The first-order valence-corrected chi connectivity index (χ1v) is 4.99. The average molecular weight is 187 g/mol. The molecular weight excluding hydrogens is 174 g/mol. The second-order valence-electron chi connectivity index (χ2n) is 4.03. The van der Waals surface area contributed by atoms with Crippen molar-refractivity contribution < 1.29 is 0 Å². The summed E-state index contributed by atoms with van der Waals surface area (Å²) in [6.07, 6.45) is 1.90. The number of aryl methyl sites for hydroxylation is 1. The number of hydrogen-bond acceptors (Lipinski definition) is 2. The molecule has 0 aliphatic carbocycles. The van der Waals surface area contributed by atoms with Gasteiger partial charge in [0.2, 0.25) is 0 Å². The third-order valence-electron chi connectivity index (χ3n) is 2.85. The van der Waals surface area contributed by atoms with Gasteiger partial charge in [-0.05, 0) is 24.6 Å². The van der Waals surface area contributed by atoms with Crippen molar-refractivity contribution in [2.24, 2.45) is 0 Å². The topological polar surface area (TPSA) is 40.7 Å². The van der Waals surface area contributed by atoms with Gasteiger partial charge in [0.15, 0.2) is 0 Å². The van der Waals surface area contributed by atoms with Crippen LogP contribution in [0.5, 0.6) is 0 Å². The van der Waals surface area contributed by atoms with E-state index in [1.165, 1.54) is 16.6 Å². The zero-order chi connectivity index (χ0) is 9.54. The molecule has 0 bridgehead atoms. The van der Waals surface area contributed by atoms with Crippen LogP contribution in [0.1, 0.15) is 17.2 Å². The molecule has 72 valence electrons. The molecule has 0 unspecified atom stereocenters. The highest BCUT2D eigenvalue weighted by Crippen LogP contribution is 2.23. The fourth-order valence-corrected chi connectivity index (χ4v) is 1.88. The fraction of sp³-hybridized carbons (Fsp3) is 0.364. The van der Waals surface area contributed by atoms with Gasteiger partial charge in [-0.25, -0.2) is 4.98 Å². The van der Waals surface area contributed by atoms with Crippen molar-refractivity contribution >= 4 is 11.0 Å². The third-order valence-corrected chi connectivity index (χ3v) is 2.85. The van der Waals surface area contributed by atoms with E-state index < -0.39 is 0 Å². The van der Waals surface area contributed by atoms with Crippen molar-refractivity contribution in [1.82, 2.24) is 15.3 Å². The summed E-state index contributed by atoms with van der Waals surface area (Å²) in [4.78, 5) is 7.74. The van der Waals surface area contributed by atoms with Crippen LogP contribution in [-0.2, 0) is 0 Å². The van der Waals surface area contributed by atoms with Gasteiger partial charge in [-0.2, -0.15) is 0 Å². The van der Waals surface area contributed by atoms with Gasteiger partial charge in [0.05, 0.1) is 0 Å². The zero-order valence-corrected chi connectivity index (χ0v) is 8.17. The highest BCUT2D eigenvalue weighted by atomic mass is 15.0. The molecule has 14 heavy (non-hydrogen) atoms. The molecule has 3 heterocycles. The number of rotatable bonds is 1. The van der Waals surface area contributed by atoms with Crippen molar-refractivity contribution in [3.8, 4) is 0 Å². The fourth-order valence-electron chi connectivity index (χ4n) is 1.88. The highest BCUT2D eigenvalue weighted by molar-refractivity contribution is 5.77. The second kappa shape index (κ2) is 2.82. The highest BCUT2D eigenvalue weighted by Gasteiger charge is 2.20. The Kier molecular flexibility index (Phi) is 1.61. The standard InChI is InChI=1S/C11H13N3/c1-7-2-8-3-10(9-5-12-6-9)14-11(8)13-4-7/h2-4,9,12H,5-6H2,1H3,(H,13,14). The molecule has 0 spiro atoms. The maximum Gasteiger partial charge on any atom is 0.137 e. The predicted octanol–water partition coefficient (Wildman–Crippen LogP) is 1.56. The molecule has 1 aliphatic heterocycles. The van der Waals surface area contributed by atoms with E-state index in [4.69, 9.17) is 0 Å². The maximum absolute atomic E-state index is 4.37.